The number of carbonyl (C=O) groups excluding carboxylic acids is 1. The number of primary amides is 1. The molecule has 19 heavy (non-hydrogen) atoms. The average molecular weight is 262 g/mol. The highest BCUT2D eigenvalue weighted by molar-refractivity contribution is 5.97. The molecule has 1 amide bonds. The fourth-order valence-corrected chi connectivity index (χ4v) is 2.57. The number of anilines is 1. The molecule has 5 heteroatoms. The number of hydrogen-bond donors (Lipinski definition) is 2. The van der Waals surface area contributed by atoms with E-state index in [4.69, 9.17) is 5.73 Å². The molecule has 0 aromatic carbocycles. The molecule has 1 aromatic rings. The fourth-order valence-electron chi connectivity index (χ4n) is 2.57. The lowest BCUT2D eigenvalue weighted by molar-refractivity contribution is 0.100. The Kier molecular flexibility index (Phi) is 4.74. The third-order valence-corrected chi connectivity index (χ3v) is 3.45. The van der Waals surface area contributed by atoms with Gasteiger partial charge in [-0.15, -0.1) is 0 Å². The Labute approximate surface area is 114 Å². The van der Waals surface area contributed by atoms with Gasteiger partial charge in [0.2, 0.25) is 0 Å². The largest absolute Gasteiger partial charge is 0.365 e. The fraction of sp³-hybridized carbons (Fsp3) is 0.571. The maximum absolute atomic E-state index is 11.5. The summed E-state index contributed by atoms with van der Waals surface area (Å²) in [5.74, 6) is 0.300. The van der Waals surface area contributed by atoms with Crippen LogP contribution in [0.25, 0.3) is 0 Å². The minimum absolute atomic E-state index is 0.413. The van der Waals surface area contributed by atoms with Crippen LogP contribution in [0, 0.1) is 0 Å². The van der Waals surface area contributed by atoms with Crippen molar-refractivity contribution < 1.29 is 4.79 Å². The van der Waals surface area contributed by atoms with Crippen molar-refractivity contribution >= 4 is 11.7 Å². The van der Waals surface area contributed by atoms with Crippen molar-refractivity contribution in [1.82, 2.24) is 10.3 Å². The summed E-state index contributed by atoms with van der Waals surface area (Å²) in [6.45, 7) is 4.97. The molecule has 1 aliphatic rings. The summed E-state index contributed by atoms with van der Waals surface area (Å²) in [6.07, 6.45) is 5.13. The van der Waals surface area contributed by atoms with E-state index in [0.717, 1.165) is 26.1 Å². The molecule has 1 unspecified atom stereocenters. The number of nitrogens with one attached hydrogen (secondary N) is 1. The van der Waals surface area contributed by atoms with Crippen LogP contribution in [0.2, 0.25) is 0 Å². The van der Waals surface area contributed by atoms with Crippen molar-refractivity contribution in [3.05, 3.63) is 23.9 Å². The number of aromatic nitrogens is 1. The lowest BCUT2D eigenvalue weighted by atomic mass is 10.1. The smallest absolute Gasteiger partial charge is 0.252 e. The monoisotopic (exact) mass is 262 g/mol. The van der Waals surface area contributed by atoms with Crippen LogP contribution < -0.4 is 16.0 Å². The van der Waals surface area contributed by atoms with E-state index in [9.17, 15) is 4.79 Å². The zero-order valence-electron chi connectivity index (χ0n) is 11.4. The van der Waals surface area contributed by atoms with E-state index in [1.165, 1.54) is 12.8 Å². The van der Waals surface area contributed by atoms with Gasteiger partial charge in [-0.05, 0) is 37.9 Å². The van der Waals surface area contributed by atoms with Gasteiger partial charge < -0.3 is 16.0 Å². The van der Waals surface area contributed by atoms with Crippen LogP contribution in [-0.2, 0) is 0 Å². The third kappa shape index (κ3) is 3.44. The van der Waals surface area contributed by atoms with Crippen LogP contribution in [0.4, 0.5) is 5.82 Å². The van der Waals surface area contributed by atoms with E-state index in [-0.39, 0.29) is 0 Å². The molecule has 0 saturated carbocycles. The maximum Gasteiger partial charge on any atom is 0.252 e. The van der Waals surface area contributed by atoms with Gasteiger partial charge in [0.1, 0.15) is 5.82 Å². The topological polar surface area (TPSA) is 71.2 Å². The Hall–Kier alpha value is -1.62. The summed E-state index contributed by atoms with van der Waals surface area (Å²) in [5, 5.41) is 3.48. The predicted molar refractivity (Wildman–Crippen MR) is 76.3 cm³/mol. The predicted octanol–water partition coefficient (Wildman–Crippen LogP) is 1.15. The first-order valence-electron chi connectivity index (χ1n) is 6.95. The first kappa shape index (κ1) is 13.8. The van der Waals surface area contributed by atoms with Crippen LogP contribution in [-0.4, -0.2) is 36.6 Å². The zero-order chi connectivity index (χ0) is 13.7. The van der Waals surface area contributed by atoms with E-state index in [1.807, 2.05) is 0 Å². The number of hydrogen-bond acceptors (Lipinski definition) is 4. The van der Waals surface area contributed by atoms with Crippen molar-refractivity contribution in [1.29, 1.82) is 0 Å². The summed E-state index contributed by atoms with van der Waals surface area (Å²) in [6, 6.07) is 3.98. The number of amides is 1. The van der Waals surface area contributed by atoms with Gasteiger partial charge in [-0.3, -0.25) is 4.79 Å². The standard InChI is InChI=1S/C14H22N4O/c1-2-9-18(10-11-5-3-7-16-11)14-12(13(15)19)6-4-8-17-14/h4,6,8,11,16H,2-3,5,7,9-10H2,1H3,(H2,15,19). The summed E-state index contributed by atoms with van der Waals surface area (Å²) in [7, 11) is 0. The molecule has 2 rings (SSSR count). The number of carbonyl (C=O) groups is 1. The molecule has 5 nitrogen and oxygen atoms in total. The Morgan fingerprint density at radius 3 is 3.11 bits per heavy atom. The molecule has 0 radical (unpaired) electrons. The Balaban J connectivity index is 2.19. The second-order valence-corrected chi connectivity index (χ2v) is 4.98. The highest BCUT2D eigenvalue weighted by atomic mass is 16.1. The number of nitrogens with zero attached hydrogens (tertiary/aromatic N) is 2. The van der Waals surface area contributed by atoms with Gasteiger partial charge in [0.15, 0.2) is 0 Å². The van der Waals surface area contributed by atoms with Gasteiger partial charge in [-0.25, -0.2) is 4.98 Å². The molecule has 0 bridgehead atoms. The van der Waals surface area contributed by atoms with Crippen LogP contribution >= 0.6 is 0 Å². The van der Waals surface area contributed by atoms with Crippen molar-refractivity contribution in [2.75, 3.05) is 24.5 Å². The SMILES string of the molecule is CCCN(CC1CCCN1)c1ncccc1C(N)=O. The average Bonchev–Trinajstić information content (AvgIpc) is 2.91. The van der Waals surface area contributed by atoms with Gasteiger partial charge in [0.25, 0.3) is 5.91 Å². The Morgan fingerprint density at radius 2 is 2.47 bits per heavy atom. The number of pyridine rings is 1. The van der Waals surface area contributed by atoms with Crippen LogP contribution in [0.15, 0.2) is 18.3 Å². The van der Waals surface area contributed by atoms with Crippen molar-refractivity contribution in [3.8, 4) is 0 Å². The van der Waals surface area contributed by atoms with Gasteiger partial charge in [-0.2, -0.15) is 0 Å². The number of nitrogens with two attached hydrogens (primary N) is 1. The van der Waals surface area contributed by atoms with E-state index in [1.54, 1.807) is 18.3 Å². The summed E-state index contributed by atoms with van der Waals surface area (Å²) in [4.78, 5) is 18.0. The minimum atomic E-state index is -0.413. The van der Waals surface area contributed by atoms with Crippen LogP contribution in [0.5, 0.6) is 0 Å². The lowest BCUT2D eigenvalue weighted by Gasteiger charge is -2.27. The first-order chi connectivity index (χ1) is 9.22. The third-order valence-electron chi connectivity index (χ3n) is 3.45. The molecule has 1 aliphatic heterocycles. The van der Waals surface area contributed by atoms with Crippen molar-refractivity contribution in [3.63, 3.8) is 0 Å². The second-order valence-electron chi connectivity index (χ2n) is 4.98. The van der Waals surface area contributed by atoms with Gasteiger partial charge in [0, 0.05) is 25.3 Å². The molecule has 1 saturated heterocycles. The summed E-state index contributed by atoms with van der Waals surface area (Å²) < 4.78 is 0. The molecule has 0 aliphatic carbocycles. The van der Waals surface area contributed by atoms with Crippen molar-refractivity contribution in [2.45, 2.75) is 32.2 Å². The molecule has 0 spiro atoms. The van der Waals surface area contributed by atoms with Crippen LogP contribution in [0.3, 0.4) is 0 Å². The van der Waals surface area contributed by atoms with Gasteiger partial charge in [0.05, 0.1) is 5.56 Å². The summed E-state index contributed by atoms with van der Waals surface area (Å²) in [5.41, 5.74) is 5.94. The van der Waals surface area contributed by atoms with Crippen molar-refractivity contribution in [2.24, 2.45) is 5.73 Å². The quantitative estimate of drug-likeness (QED) is 0.806. The Bertz CT molecular complexity index is 429. The number of rotatable bonds is 6. The second kappa shape index (κ2) is 6.52. The van der Waals surface area contributed by atoms with E-state index in [0.29, 0.717) is 17.4 Å². The molecule has 1 aromatic heterocycles. The molecule has 104 valence electrons. The first-order valence-corrected chi connectivity index (χ1v) is 6.95. The summed E-state index contributed by atoms with van der Waals surface area (Å²) >= 11 is 0. The molecule has 2 heterocycles. The van der Waals surface area contributed by atoms with E-state index < -0.39 is 5.91 Å². The zero-order valence-corrected chi connectivity index (χ0v) is 11.4. The molecule has 1 atom stereocenters. The van der Waals surface area contributed by atoms with E-state index >= 15 is 0 Å². The van der Waals surface area contributed by atoms with E-state index in [2.05, 4.69) is 22.1 Å². The van der Waals surface area contributed by atoms with Gasteiger partial charge in [-0.1, -0.05) is 6.92 Å². The van der Waals surface area contributed by atoms with Crippen LogP contribution in [0.1, 0.15) is 36.5 Å². The highest BCUT2D eigenvalue weighted by Crippen LogP contribution is 2.19. The Morgan fingerprint density at radius 1 is 1.63 bits per heavy atom. The molecular weight excluding hydrogens is 240 g/mol. The molecule has 1 fully saturated rings. The lowest BCUT2D eigenvalue weighted by Crippen LogP contribution is -2.39. The maximum atomic E-state index is 11.5. The normalized spacial score (nSPS) is 18.5. The molecular formula is C14H22N4O. The van der Waals surface area contributed by atoms with Gasteiger partial charge >= 0.3 is 0 Å². The minimum Gasteiger partial charge on any atom is -0.365 e. The highest BCUT2D eigenvalue weighted by Gasteiger charge is 2.21. The molecule has 3 N–H and O–H groups in total.